The largest absolute Gasteiger partial charge is 0.496 e. The third-order valence-corrected chi connectivity index (χ3v) is 5.84. The first-order valence-corrected chi connectivity index (χ1v) is 9.44. The van der Waals surface area contributed by atoms with Crippen molar-refractivity contribution >= 4 is 16.8 Å². The van der Waals surface area contributed by atoms with Crippen molar-refractivity contribution < 1.29 is 9.53 Å². The number of carbonyl (C=O) groups excluding carboxylic acids is 1. The van der Waals surface area contributed by atoms with Gasteiger partial charge in [0.25, 0.3) is 5.91 Å². The van der Waals surface area contributed by atoms with Gasteiger partial charge in [-0.1, -0.05) is 12.5 Å². The van der Waals surface area contributed by atoms with Crippen LogP contribution in [0, 0.1) is 5.92 Å². The smallest absolute Gasteiger partial charge is 0.267 e. The highest BCUT2D eigenvalue weighted by molar-refractivity contribution is 5.99. The Morgan fingerprint density at radius 1 is 1.28 bits per heavy atom. The molecule has 0 spiro atoms. The van der Waals surface area contributed by atoms with Crippen LogP contribution in [0.2, 0.25) is 0 Å². The fraction of sp³-hybridized carbons (Fsp3) is 0.550. The summed E-state index contributed by atoms with van der Waals surface area (Å²) in [6.07, 6.45) is 6.41. The monoisotopic (exact) mass is 341 g/mol. The summed E-state index contributed by atoms with van der Waals surface area (Å²) >= 11 is 0. The van der Waals surface area contributed by atoms with Crippen LogP contribution in [0.3, 0.4) is 0 Å². The highest BCUT2D eigenvalue weighted by Crippen LogP contribution is 2.30. The SMILES string of the molecule is COc1cccc2[nH]c(C(=O)NC[C@@H]3CCCN4CCCCC34)cc12. The summed E-state index contributed by atoms with van der Waals surface area (Å²) in [5.41, 5.74) is 1.54. The quantitative estimate of drug-likeness (QED) is 0.898. The number of ether oxygens (including phenoxy) is 1. The number of nitrogens with one attached hydrogen (secondary N) is 2. The topological polar surface area (TPSA) is 57.4 Å². The van der Waals surface area contributed by atoms with Gasteiger partial charge in [0.1, 0.15) is 11.4 Å². The molecule has 5 nitrogen and oxygen atoms in total. The van der Waals surface area contributed by atoms with Crippen molar-refractivity contribution in [2.75, 3.05) is 26.7 Å². The van der Waals surface area contributed by atoms with Crippen molar-refractivity contribution in [1.29, 1.82) is 0 Å². The normalized spacial score (nSPS) is 24.0. The molecule has 1 unspecified atom stereocenters. The average molecular weight is 341 g/mol. The molecule has 3 heterocycles. The van der Waals surface area contributed by atoms with Crippen LogP contribution in [0.15, 0.2) is 24.3 Å². The zero-order valence-corrected chi connectivity index (χ0v) is 14.9. The van der Waals surface area contributed by atoms with Gasteiger partial charge in [0.15, 0.2) is 0 Å². The second kappa shape index (κ2) is 7.08. The van der Waals surface area contributed by atoms with Crippen LogP contribution in [-0.4, -0.2) is 48.6 Å². The number of hydrogen-bond acceptors (Lipinski definition) is 3. The number of carbonyl (C=O) groups is 1. The third kappa shape index (κ3) is 3.25. The van der Waals surface area contributed by atoms with Crippen LogP contribution in [0.25, 0.3) is 10.9 Å². The second-order valence-corrected chi connectivity index (χ2v) is 7.32. The highest BCUT2D eigenvalue weighted by atomic mass is 16.5. The minimum absolute atomic E-state index is 0.0221. The number of aromatic nitrogens is 1. The fourth-order valence-corrected chi connectivity index (χ4v) is 4.56. The molecule has 2 N–H and O–H groups in total. The van der Waals surface area contributed by atoms with E-state index < -0.39 is 0 Å². The van der Waals surface area contributed by atoms with E-state index >= 15 is 0 Å². The summed E-state index contributed by atoms with van der Waals surface area (Å²) in [6, 6.07) is 8.36. The molecule has 0 aliphatic carbocycles. The summed E-state index contributed by atoms with van der Waals surface area (Å²) in [7, 11) is 1.65. The number of amides is 1. The number of aromatic amines is 1. The molecule has 2 aliphatic heterocycles. The number of piperidine rings is 2. The van der Waals surface area contributed by atoms with Gasteiger partial charge in [0.2, 0.25) is 0 Å². The number of methoxy groups -OCH3 is 1. The maximum atomic E-state index is 12.6. The van der Waals surface area contributed by atoms with Crippen molar-refractivity contribution in [2.24, 2.45) is 5.92 Å². The minimum Gasteiger partial charge on any atom is -0.496 e. The predicted molar refractivity (Wildman–Crippen MR) is 99.1 cm³/mol. The van der Waals surface area contributed by atoms with Crippen molar-refractivity contribution in [3.63, 3.8) is 0 Å². The Balaban J connectivity index is 1.43. The van der Waals surface area contributed by atoms with Gasteiger partial charge in [-0.3, -0.25) is 4.79 Å². The molecule has 1 aromatic carbocycles. The van der Waals surface area contributed by atoms with Gasteiger partial charge in [-0.15, -0.1) is 0 Å². The van der Waals surface area contributed by atoms with Gasteiger partial charge in [0.05, 0.1) is 7.11 Å². The van der Waals surface area contributed by atoms with Crippen LogP contribution in [0.5, 0.6) is 5.75 Å². The zero-order chi connectivity index (χ0) is 17.2. The summed E-state index contributed by atoms with van der Waals surface area (Å²) in [5.74, 6) is 1.35. The molecule has 2 fully saturated rings. The first-order chi connectivity index (χ1) is 12.3. The molecule has 0 radical (unpaired) electrons. The molecule has 4 rings (SSSR count). The van der Waals surface area contributed by atoms with E-state index in [4.69, 9.17) is 4.74 Å². The Morgan fingerprint density at radius 3 is 3.04 bits per heavy atom. The molecule has 25 heavy (non-hydrogen) atoms. The predicted octanol–water partition coefficient (Wildman–Crippen LogP) is 3.17. The number of nitrogens with zero attached hydrogens (tertiary/aromatic N) is 1. The Hall–Kier alpha value is -2.01. The van der Waals surface area contributed by atoms with E-state index in [1.807, 2.05) is 24.3 Å². The number of fused-ring (bicyclic) bond motifs is 2. The first-order valence-electron chi connectivity index (χ1n) is 9.44. The Morgan fingerprint density at radius 2 is 2.16 bits per heavy atom. The zero-order valence-electron chi connectivity index (χ0n) is 14.9. The van der Waals surface area contributed by atoms with E-state index in [0.29, 0.717) is 17.7 Å². The number of hydrogen-bond donors (Lipinski definition) is 2. The van der Waals surface area contributed by atoms with Crippen LogP contribution in [0.4, 0.5) is 0 Å². The van der Waals surface area contributed by atoms with Gasteiger partial charge >= 0.3 is 0 Å². The Kier molecular flexibility index (Phi) is 4.66. The molecule has 1 aromatic heterocycles. The maximum absolute atomic E-state index is 12.6. The lowest BCUT2D eigenvalue weighted by atomic mass is 9.83. The Bertz CT molecular complexity index is 752. The molecular formula is C20H27N3O2. The van der Waals surface area contributed by atoms with Crippen molar-refractivity contribution in [2.45, 2.75) is 38.1 Å². The molecule has 1 amide bonds. The molecule has 5 heteroatoms. The summed E-state index contributed by atoms with van der Waals surface area (Å²) in [5, 5.41) is 4.11. The standard InChI is InChI=1S/C20H27N3O2/c1-25-19-9-4-7-16-15(19)12-17(22-16)20(24)21-13-14-6-5-11-23-10-3-2-8-18(14)23/h4,7,9,12,14,18,22H,2-3,5-6,8,10-11,13H2,1H3,(H,21,24)/t14-,18?/m0/s1. The summed E-state index contributed by atoms with van der Waals surface area (Å²) in [4.78, 5) is 18.5. The lowest BCUT2D eigenvalue weighted by Gasteiger charge is -2.44. The third-order valence-electron chi connectivity index (χ3n) is 5.84. The van der Waals surface area contributed by atoms with Gasteiger partial charge in [-0.05, 0) is 62.9 Å². The molecule has 0 saturated carbocycles. The maximum Gasteiger partial charge on any atom is 0.267 e. The van der Waals surface area contributed by atoms with E-state index in [2.05, 4.69) is 15.2 Å². The average Bonchev–Trinajstić information content (AvgIpc) is 3.10. The van der Waals surface area contributed by atoms with E-state index in [-0.39, 0.29) is 5.91 Å². The highest BCUT2D eigenvalue weighted by Gasteiger charge is 2.33. The van der Waals surface area contributed by atoms with Crippen molar-refractivity contribution in [1.82, 2.24) is 15.2 Å². The molecule has 134 valence electrons. The first kappa shape index (κ1) is 16.5. The lowest BCUT2D eigenvalue weighted by molar-refractivity contribution is 0.0575. The van der Waals surface area contributed by atoms with Crippen LogP contribution >= 0.6 is 0 Å². The van der Waals surface area contributed by atoms with Crippen molar-refractivity contribution in [3.05, 3.63) is 30.0 Å². The second-order valence-electron chi connectivity index (χ2n) is 7.32. The molecule has 2 aliphatic rings. The van der Waals surface area contributed by atoms with E-state index in [1.54, 1.807) is 7.11 Å². The van der Waals surface area contributed by atoms with E-state index in [1.165, 1.54) is 45.2 Å². The van der Waals surface area contributed by atoms with E-state index in [0.717, 1.165) is 23.2 Å². The number of H-pyrrole nitrogens is 1. The van der Waals surface area contributed by atoms with Crippen LogP contribution in [0.1, 0.15) is 42.6 Å². The molecule has 2 atom stereocenters. The number of rotatable bonds is 4. The van der Waals surface area contributed by atoms with Crippen LogP contribution < -0.4 is 10.1 Å². The van der Waals surface area contributed by atoms with Gasteiger partial charge in [-0.25, -0.2) is 0 Å². The fourth-order valence-electron chi connectivity index (χ4n) is 4.56. The van der Waals surface area contributed by atoms with Crippen LogP contribution in [-0.2, 0) is 0 Å². The minimum atomic E-state index is -0.0221. The Labute approximate surface area is 148 Å². The van der Waals surface area contributed by atoms with E-state index in [9.17, 15) is 4.79 Å². The summed E-state index contributed by atoms with van der Waals surface area (Å²) < 4.78 is 5.38. The molecule has 2 aromatic rings. The molecule has 2 saturated heterocycles. The molecular weight excluding hydrogens is 314 g/mol. The van der Waals surface area contributed by atoms with Crippen molar-refractivity contribution in [3.8, 4) is 5.75 Å². The summed E-state index contributed by atoms with van der Waals surface area (Å²) in [6.45, 7) is 3.24. The van der Waals surface area contributed by atoms with Gasteiger partial charge in [0, 0.05) is 23.5 Å². The van der Waals surface area contributed by atoms with Gasteiger partial charge in [-0.2, -0.15) is 0 Å². The number of benzene rings is 1. The van der Waals surface area contributed by atoms with Gasteiger partial charge < -0.3 is 19.9 Å². The lowest BCUT2D eigenvalue weighted by Crippen LogP contribution is -2.51. The molecule has 0 bridgehead atoms.